The van der Waals surface area contributed by atoms with Crippen molar-refractivity contribution in [1.82, 2.24) is 4.90 Å². The molecule has 0 spiro atoms. The van der Waals surface area contributed by atoms with E-state index in [-0.39, 0.29) is 6.41 Å². The second kappa shape index (κ2) is 5.52. The molecule has 0 saturated heterocycles. The summed E-state index contributed by atoms with van der Waals surface area (Å²) in [5.41, 5.74) is 0. The molecule has 0 atom stereocenters. The van der Waals surface area contributed by atoms with Gasteiger partial charge in [-0.2, -0.15) is 0 Å². The first kappa shape index (κ1) is 9.74. The first-order valence-corrected chi connectivity index (χ1v) is 3.39. The number of nitrogens with zero attached hydrogens (tertiary/aromatic N) is 3. The summed E-state index contributed by atoms with van der Waals surface area (Å²) in [5, 5.41) is 6.07. The largest absolute Gasteiger partial charge is 0.362 e. The molecule has 0 aliphatic heterocycles. The Morgan fingerprint density at radius 1 is 1.45 bits per heavy atom. The van der Waals surface area contributed by atoms with Gasteiger partial charge in [-0.1, -0.05) is 5.11 Å². The maximum absolute atomic E-state index is 10.9. The summed E-state index contributed by atoms with van der Waals surface area (Å²) in [6.07, 6.45) is 0.238. The van der Waals surface area contributed by atoms with Gasteiger partial charge in [-0.15, -0.1) is 5.11 Å². The summed E-state index contributed by atoms with van der Waals surface area (Å²) in [5.74, 6) is 0. The molecule has 0 aromatic heterocycles. The average molecular weight is 157 g/mol. The molecule has 5 heteroatoms. The Morgan fingerprint density at radius 3 is 2.36 bits per heavy atom. The predicted molar refractivity (Wildman–Crippen MR) is 39.2 cm³/mol. The highest BCUT2D eigenvalue weighted by Crippen LogP contribution is 1.91. The maximum Gasteiger partial charge on any atom is 0.362 e. The Balaban J connectivity index is 3.98. The number of hydrogen-bond acceptors (Lipinski definition) is 2. The lowest BCUT2D eigenvalue weighted by Crippen LogP contribution is -2.27. The molecular weight excluding hydrogens is 146 g/mol. The van der Waals surface area contributed by atoms with Gasteiger partial charge in [-0.25, -0.2) is 4.79 Å². The van der Waals surface area contributed by atoms with Gasteiger partial charge >= 0.3 is 6.03 Å². The highest BCUT2D eigenvalue weighted by atomic mass is 16.2. The molecule has 0 radical (unpaired) electrons. The monoisotopic (exact) mass is 157 g/mol. The number of hydrogen-bond donors (Lipinski definition) is 0. The third-order valence-corrected chi connectivity index (χ3v) is 1.22. The lowest BCUT2D eigenvalue weighted by molar-refractivity contribution is -0.107. The van der Waals surface area contributed by atoms with E-state index in [1.807, 2.05) is 13.8 Å². The van der Waals surface area contributed by atoms with Crippen LogP contribution in [0.3, 0.4) is 0 Å². The first-order valence-electron chi connectivity index (χ1n) is 3.39. The lowest BCUT2D eigenvalue weighted by atomic mass is 10.5. The Kier molecular flexibility index (Phi) is 4.89. The summed E-state index contributed by atoms with van der Waals surface area (Å²) < 4.78 is 0. The molecule has 0 aromatic rings. The van der Waals surface area contributed by atoms with Gasteiger partial charge in [-0.05, 0) is 13.8 Å². The summed E-state index contributed by atoms with van der Waals surface area (Å²) in [4.78, 5) is 22.0. The van der Waals surface area contributed by atoms with E-state index in [9.17, 15) is 9.59 Å². The van der Waals surface area contributed by atoms with Crippen LogP contribution in [0.1, 0.15) is 13.8 Å². The van der Waals surface area contributed by atoms with Gasteiger partial charge in [0, 0.05) is 13.1 Å². The van der Waals surface area contributed by atoms with Crippen molar-refractivity contribution in [1.29, 1.82) is 0 Å². The molecule has 0 aliphatic carbocycles. The minimum atomic E-state index is -0.470. The molecule has 0 N–H and O–H groups in total. The Bertz CT molecular complexity index is 163. The number of carbonyl (C=O) groups excluding carboxylic acids is 2. The smallest absolute Gasteiger partial charge is 0.322 e. The second-order valence-electron chi connectivity index (χ2n) is 1.78. The van der Waals surface area contributed by atoms with Crippen LogP contribution in [-0.2, 0) is 4.79 Å². The quantitative estimate of drug-likeness (QED) is 0.454. The van der Waals surface area contributed by atoms with Gasteiger partial charge in [0.25, 0.3) is 6.41 Å². The number of urea groups is 1. The van der Waals surface area contributed by atoms with Crippen LogP contribution in [-0.4, -0.2) is 30.4 Å². The van der Waals surface area contributed by atoms with E-state index in [1.54, 1.807) is 0 Å². The highest BCUT2D eigenvalue weighted by Gasteiger charge is 2.06. The van der Waals surface area contributed by atoms with Crippen molar-refractivity contribution in [2.75, 3.05) is 13.1 Å². The van der Waals surface area contributed by atoms with Crippen molar-refractivity contribution in [3.8, 4) is 0 Å². The zero-order valence-electron chi connectivity index (χ0n) is 6.65. The topological polar surface area (TPSA) is 62.1 Å². The van der Waals surface area contributed by atoms with E-state index >= 15 is 0 Å². The molecule has 0 saturated carbocycles. The van der Waals surface area contributed by atoms with E-state index in [1.165, 1.54) is 4.90 Å². The molecule has 3 amide bonds. The van der Waals surface area contributed by atoms with Crippen molar-refractivity contribution in [2.24, 2.45) is 10.2 Å². The van der Waals surface area contributed by atoms with Crippen LogP contribution in [0.4, 0.5) is 4.79 Å². The molecule has 5 nitrogen and oxygen atoms in total. The van der Waals surface area contributed by atoms with E-state index in [0.29, 0.717) is 13.1 Å². The third-order valence-electron chi connectivity index (χ3n) is 1.22. The van der Waals surface area contributed by atoms with Crippen LogP contribution in [0.15, 0.2) is 10.2 Å². The molecule has 0 heterocycles. The van der Waals surface area contributed by atoms with Crippen LogP contribution in [0.25, 0.3) is 0 Å². The standard InChI is InChI=1S/C6H11N3O2/c1-3-9(4-2)6(11)8-7-5-10/h5H,3-4H2,1-2H3. The first-order chi connectivity index (χ1) is 5.26. The highest BCUT2D eigenvalue weighted by molar-refractivity contribution is 5.75. The van der Waals surface area contributed by atoms with Crippen LogP contribution in [0.2, 0.25) is 0 Å². The molecular formula is C6H11N3O2. The minimum absolute atomic E-state index is 0.238. The molecule has 0 aliphatic rings. The minimum Gasteiger partial charge on any atom is -0.322 e. The molecule has 0 aromatic carbocycles. The zero-order chi connectivity index (χ0) is 8.69. The molecule has 0 bridgehead atoms. The van der Waals surface area contributed by atoms with E-state index in [2.05, 4.69) is 10.2 Å². The van der Waals surface area contributed by atoms with Gasteiger partial charge in [-0.3, -0.25) is 4.79 Å². The molecule has 0 rings (SSSR count). The van der Waals surface area contributed by atoms with Crippen molar-refractivity contribution in [3.63, 3.8) is 0 Å². The SMILES string of the molecule is CCN(CC)C(=O)N=NC=O. The van der Waals surface area contributed by atoms with Gasteiger partial charge in [0.2, 0.25) is 0 Å². The lowest BCUT2D eigenvalue weighted by Gasteiger charge is -2.13. The van der Waals surface area contributed by atoms with Gasteiger partial charge in [0.05, 0.1) is 0 Å². The molecule has 0 fully saturated rings. The fraction of sp³-hybridized carbons (Fsp3) is 0.667. The number of amides is 3. The Hall–Kier alpha value is -1.26. The van der Waals surface area contributed by atoms with Crippen molar-refractivity contribution < 1.29 is 9.59 Å². The summed E-state index contributed by atoms with van der Waals surface area (Å²) >= 11 is 0. The van der Waals surface area contributed by atoms with E-state index < -0.39 is 6.03 Å². The third kappa shape index (κ3) is 3.44. The fourth-order valence-electron chi connectivity index (χ4n) is 0.630. The molecule has 0 unspecified atom stereocenters. The average Bonchev–Trinajstić information content (AvgIpc) is 2.03. The maximum atomic E-state index is 10.9. The molecule has 62 valence electrons. The number of carbonyl (C=O) groups is 2. The predicted octanol–water partition coefficient (Wildman–Crippen LogP) is 1.06. The normalized spacial score (nSPS) is 10.0. The van der Waals surface area contributed by atoms with Crippen LogP contribution in [0, 0.1) is 0 Å². The van der Waals surface area contributed by atoms with Crippen LogP contribution < -0.4 is 0 Å². The summed E-state index contributed by atoms with van der Waals surface area (Å²) in [6, 6.07) is -0.470. The zero-order valence-corrected chi connectivity index (χ0v) is 6.65. The number of rotatable bonds is 3. The van der Waals surface area contributed by atoms with Crippen molar-refractivity contribution in [3.05, 3.63) is 0 Å². The van der Waals surface area contributed by atoms with Gasteiger partial charge < -0.3 is 4.90 Å². The second-order valence-corrected chi connectivity index (χ2v) is 1.78. The van der Waals surface area contributed by atoms with E-state index in [0.717, 1.165) is 0 Å². The number of azo groups is 1. The van der Waals surface area contributed by atoms with E-state index in [4.69, 9.17) is 0 Å². The van der Waals surface area contributed by atoms with Gasteiger partial charge in [0.1, 0.15) is 0 Å². The van der Waals surface area contributed by atoms with Crippen LogP contribution in [0.5, 0.6) is 0 Å². The van der Waals surface area contributed by atoms with Crippen LogP contribution >= 0.6 is 0 Å². The summed E-state index contributed by atoms with van der Waals surface area (Å²) in [7, 11) is 0. The molecule has 11 heavy (non-hydrogen) atoms. The fourth-order valence-corrected chi connectivity index (χ4v) is 0.630. The van der Waals surface area contributed by atoms with Gasteiger partial charge in [0.15, 0.2) is 0 Å². The Labute approximate surface area is 65.1 Å². The van der Waals surface area contributed by atoms with Crippen molar-refractivity contribution in [2.45, 2.75) is 13.8 Å². The van der Waals surface area contributed by atoms with Crippen molar-refractivity contribution >= 4 is 12.4 Å². The summed E-state index contributed by atoms with van der Waals surface area (Å²) in [6.45, 7) is 4.82. The Morgan fingerprint density at radius 2 is 2.00 bits per heavy atom.